The van der Waals surface area contributed by atoms with Crippen molar-refractivity contribution in [1.82, 2.24) is 15.2 Å². The van der Waals surface area contributed by atoms with E-state index < -0.39 is 0 Å². The number of nitrogens with one attached hydrogen (secondary N) is 1. The summed E-state index contributed by atoms with van der Waals surface area (Å²) in [5, 5.41) is 3.65. The Hall–Kier alpha value is -1.85. The average Bonchev–Trinajstić information content (AvgIpc) is 2.82. The smallest absolute Gasteiger partial charge is 0.273 e. The van der Waals surface area contributed by atoms with E-state index in [-0.39, 0.29) is 11.8 Å². The van der Waals surface area contributed by atoms with E-state index >= 15 is 0 Å². The Morgan fingerprint density at radius 1 is 1.30 bits per heavy atom. The lowest BCUT2D eigenvalue weighted by Gasteiger charge is -2.22. The summed E-state index contributed by atoms with van der Waals surface area (Å²) < 4.78 is 5.31. The molecule has 0 spiro atoms. The zero-order valence-corrected chi connectivity index (χ0v) is 14.6. The number of carbonyl (C=O) groups excluding carboxylic acids is 1. The number of amides is 1. The van der Waals surface area contributed by atoms with Crippen LogP contribution in [0.1, 0.15) is 33.6 Å². The van der Waals surface area contributed by atoms with Crippen LogP contribution in [0, 0.1) is 13.8 Å². The SMILES string of the molecule is Cc1nc(C(=O)NCC(CN(C)C)c2ccc(Cl)cc2)c(C)o1. The van der Waals surface area contributed by atoms with Gasteiger partial charge >= 0.3 is 0 Å². The molecule has 0 radical (unpaired) electrons. The maximum Gasteiger partial charge on any atom is 0.273 e. The largest absolute Gasteiger partial charge is 0.445 e. The standard InChI is InChI=1S/C17H22ClN3O2/c1-11-16(20-12(2)23-11)17(22)19-9-14(10-21(3)4)13-5-7-15(18)8-6-13/h5-8,14H,9-10H2,1-4H3,(H,19,22). The molecular formula is C17H22ClN3O2. The molecule has 1 heterocycles. The van der Waals surface area contributed by atoms with Crippen molar-refractivity contribution in [3.63, 3.8) is 0 Å². The van der Waals surface area contributed by atoms with Crippen molar-refractivity contribution in [2.45, 2.75) is 19.8 Å². The molecular weight excluding hydrogens is 314 g/mol. The van der Waals surface area contributed by atoms with Gasteiger partial charge in [0.25, 0.3) is 5.91 Å². The lowest BCUT2D eigenvalue weighted by molar-refractivity contribution is 0.0943. The quantitative estimate of drug-likeness (QED) is 0.881. The molecule has 0 aliphatic heterocycles. The molecule has 6 heteroatoms. The summed E-state index contributed by atoms with van der Waals surface area (Å²) >= 11 is 5.95. The Bertz CT molecular complexity index is 665. The van der Waals surface area contributed by atoms with E-state index in [2.05, 4.69) is 15.2 Å². The topological polar surface area (TPSA) is 58.4 Å². The number of aryl methyl sites for hydroxylation is 2. The Morgan fingerprint density at radius 2 is 1.96 bits per heavy atom. The molecule has 0 aliphatic rings. The number of benzene rings is 1. The van der Waals surface area contributed by atoms with Crippen LogP contribution in [0.3, 0.4) is 0 Å². The Balaban J connectivity index is 2.07. The summed E-state index contributed by atoms with van der Waals surface area (Å²) in [7, 11) is 4.02. The first kappa shape index (κ1) is 17.5. The van der Waals surface area contributed by atoms with Crippen LogP contribution in [0.25, 0.3) is 0 Å². The molecule has 23 heavy (non-hydrogen) atoms. The monoisotopic (exact) mass is 335 g/mol. The van der Waals surface area contributed by atoms with Crippen molar-refractivity contribution in [2.75, 3.05) is 27.2 Å². The highest BCUT2D eigenvalue weighted by molar-refractivity contribution is 6.30. The van der Waals surface area contributed by atoms with E-state index in [4.69, 9.17) is 16.0 Å². The molecule has 2 rings (SSSR count). The maximum atomic E-state index is 12.3. The highest BCUT2D eigenvalue weighted by Crippen LogP contribution is 2.19. The Morgan fingerprint density at radius 3 is 2.48 bits per heavy atom. The van der Waals surface area contributed by atoms with Gasteiger partial charge in [0.2, 0.25) is 0 Å². The second-order valence-corrected chi connectivity index (χ2v) is 6.29. The first-order valence-electron chi connectivity index (χ1n) is 7.49. The fourth-order valence-electron chi connectivity index (χ4n) is 2.50. The van der Waals surface area contributed by atoms with Gasteiger partial charge in [-0.05, 0) is 38.7 Å². The molecule has 0 fully saturated rings. The number of nitrogens with zero attached hydrogens (tertiary/aromatic N) is 2. The first-order chi connectivity index (χ1) is 10.9. The lowest BCUT2D eigenvalue weighted by Crippen LogP contribution is -2.33. The van der Waals surface area contributed by atoms with Crippen LogP contribution in [-0.2, 0) is 0 Å². The molecule has 0 saturated heterocycles. The number of halogens is 1. The van der Waals surface area contributed by atoms with E-state index in [0.717, 1.165) is 12.1 Å². The van der Waals surface area contributed by atoms with Crippen molar-refractivity contribution in [1.29, 1.82) is 0 Å². The molecule has 124 valence electrons. The molecule has 2 aromatic rings. The molecule has 1 N–H and O–H groups in total. The van der Waals surface area contributed by atoms with E-state index in [1.54, 1.807) is 13.8 Å². The van der Waals surface area contributed by atoms with Gasteiger partial charge in [-0.2, -0.15) is 0 Å². The number of aromatic nitrogens is 1. The number of hydrogen-bond acceptors (Lipinski definition) is 4. The van der Waals surface area contributed by atoms with Gasteiger partial charge < -0.3 is 14.6 Å². The van der Waals surface area contributed by atoms with Crippen LogP contribution in [0.2, 0.25) is 5.02 Å². The van der Waals surface area contributed by atoms with E-state index in [9.17, 15) is 4.79 Å². The van der Waals surface area contributed by atoms with Gasteiger partial charge in [0.1, 0.15) is 5.76 Å². The van der Waals surface area contributed by atoms with Crippen molar-refractivity contribution in [3.8, 4) is 0 Å². The zero-order chi connectivity index (χ0) is 17.0. The summed E-state index contributed by atoms with van der Waals surface area (Å²) in [6, 6.07) is 7.72. The first-order valence-corrected chi connectivity index (χ1v) is 7.87. The minimum atomic E-state index is -0.211. The van der Waals surface area contributed by atoms with Gasteiger partial charge in [0, 0.05) is 31.0 Å². The maximum absolute atomic E-state index is 12.3. The number of rotatable bonds is 6. The molecule has 1 unspecified atom stereocenters. The van der Waals surface area contributed by atoms with Gasteiger partial charge in [0.15, 0.2) is 11.6 Å². The third-order valence-corrected chi connectivity index (χ3v) is 3.81. The Kier molecular flexibility index (Phi) is 5.80. The van der Waals surface area contributed by atoms with Gasteiger partial charge in [-0.1, -0.05) is 23.7 Å². The number of hydrogen-bond donors (Lipinski definition) is 1. The number of likely N-dealkylation sites (N-methyl/N-ethyl adjacent to an activating group) is 1. The summed E-state index contributed by atoms with van der Waals surface area (Å²) in [5.41, 5.74) is 1.48. The summed E-state index contributed by atoms with van der Waals surface area (Å²) in [4.78, 5) is 18.5. The van der Waals surface area contributed by atoms with Crippen molar-refractivity contribution < 1.29 is 9.21 Å². The fraction of sp³-hybridized carbons (Fsp3) is 0.412. The molecule has 1 aromatic heterocycles. The van der Waals surface area contributed by atoms with Gasteiger partial charge in [-0.15, -0.1) is 0 Å². The van der Waals surface area contributed by atoms with Crippen molar-refractivity contribution in [2.24, 2.45) is 0 Å². The minimum Gasteiger partial charge on any atom is -0.445 e. The molecule has 1 aromatic carbocycles. The summed E-state index contributed by atoms with van der Waals surface area (Å²) in [6.07, 6.45) is 0. The predicted molar refractivity (Wildman–Crippen MR) is 91.1 cm³/mol. The summed E-state index contributed by atoms with van der Waals surface area (Å²) in [5.74, 6) is 0.988. The van der Waals surface area contributed by atoms with E-state index in [1.165, 1.54) is 0 Å². The second-order valence-electron chi connectivity index (χ2n) is 5.86. The average molecular weight is 336 g/mol. The van der Waals surface area contributed by atoms with Crippen LogP contribution < -0.4 is 5.32 Å². The van der Waals surface area contributed by atoms with E-state index in [1.807, 2.05) is 38.4 Å². The predicted octanol–water partition coefficient (Wildman–Crippen LogP) is 3.02. The van der Waals surface area contributed by atoms with Crippen molar-refractivity contribution in [3.05, 3.63) is 52.2 Å². The minimum absolute atomic E-state index is 0.166. The van der Waals surface area contributed by atoms with Crippen LogP contribution in [0.5, 0.6) is 0 Å². The van der Waals surface area contributed by atoms with Crippen LogP contribution in [0.4, 0.5) is 0 Å². The molecule has 0 aliphatic carbocycles. The fourth-order valence-corrected chi connectivity index (χ4v) is 2.63. The number of oxazole rings is 1. The summed E-state index contributed by atoms with van der Waals surface area (Å²) in [6.45, 7) is 4.81. The molecule has 5 nitrogen and oxygen atoms in total. The molecule has 1 atom stereocenters. The highest BCUT2D eigenvalue weighted by Gasteiger charge is 2.18. The van der Waals surface area contributed by atoms with Crippen LogP contribution >= 0.6 is 11.6 Å². The van der Waals surface area contributed by atoms with Crippen LogP contribution in [-0.4, -0.2) is 43.0 Å². The van der Waals surface area contributed by atoms with E-state index in [0.29, 0.717) is 28.9 Å². The lowest BCUT2D eigenvalue weighted by atomic mass is 9.98. The van der Waals surface area contributed by atoms with Crippen LogP contribution in [0.15, 0.2) is 28.7 Å². The zero-order valence-electron chi connectivity index (χ0n) is 13.9. The Labute approximate surface area is 141 Å². The van der Waals surface area contributed by atoms with Gasteiger partial charge in [0.05, 0.1) is 0 Å². The van der Waals surface area contributed by atoms with Gasteiger partial charge in [-0.3, -0.25) is 4.79 Å². The molecule has 0 saturated carbocycles. The second kappa shape index (κ2) is 7.62. The van der Waals surface area contributed by atoms with Gasteiger partial charge in [-0.25, -0.2) is 4.98 Å². The molecule has 1 amide bonds. The molecule has 0 bridgehead atoms. The third-order valence-electron chi connectivity index (χ3n) is 3.55. The normalized spacial score (nSPS) is 12.4. The highest BCUT2D eigenvalue weighted by atomic mass is 35.5. The van der Waals surface area contributed by atoms with Crippen molar-refractivity contribution >= 4 is 17.5 Å². The third kappa shape index (κ3) is 4.81. The number of carbonyl (C=O) groups is 1.